The molecule has 2 aromatic carbocycles. The highest BCUT2D eigenvalue weighted by Crippen LogP contribution is 2.45. The zero-order valence-electron chi connectivity index (χ0n) is 15.0. The van der Waals surface area contributed by atoms with Crippen molar-refractivity contribution in [2.45, 2.75) is 5.92 Å². The van der Waals surface area contributed by atoms with Crippen molar-refractivity contribution in [3.05, 3.63) is 82.7 Å². The molecule has 0 aliphatic carbocycles. The number of nitrogens with two attached hydrogens (primary N) is 1. The van der Waals surface area contributed by atoms with Crippen LogP contribution >= 0.6 is 0 Å². The van der Waals surface area contributed by atoms with Crippen LogP contribution in [0.4, 0.5) is 0 Å². The van der Waals surface area contributed by atoms with Gasteiger partial charge < -0.3 is 15.2 Å². The van der Waals surface area contributed by atoms with Crippen molar-refractivity contribution in [2.24, 2.45) is 5.73 Å². The molecule has 0 fully saturated rings. The molecular formula is C21H16N4O3. The van der Waals surface area contributed by atoms with Crippen molar-refractivity contribution in [3.8, 4) is 23.2 Å². The van der Waals surface area contributed by atoms with Crippen LogP contribution in [0.25, 0.3) is 11.3 Å². The van der Waals surface area contributed by atoms with Crippen LogP contribution in [0.1, 0.15) is 27.4 Å². The highest BCUT2D eigenvalue weighted by molar-refractivity contribution is 5.89. The lowest BCUT2D eigenvalue weighted by Gasteiger charge is -2.24. The number of allylic oxidation sites excluding steroid dienone is 1. The largest absolute Gasteiger partial charge is 0.465 e. The van der Waals surface area contributed by atoms with Crippen LogP contribution in [0.3, 0.4) is 0 Å². The molecule has 0 amide bonds. The average Bonchev–Trinajstić information content (AvgIpc) is 3.16. The Morgan fingerprint density at radius 1 is 1.21 bits per heavy atom. The minimum absolute atomic E-state index is 0.0168. The van der Waals surface area contributed by atoms with Crippen LogP contribution in [0.5, 0.6) is 5.88 Å². The van der Waals surface area contributed by atoms with Crippen LogP contribution in [0.15, 0.2) is 66.1 Å². The number of nitriles is 1. The second kappa shape index (κ2) is 6.93. The fourth-order valence-corrected chi connectivity index (χ4v) is 3.33. The number of methoxy groups -OCH3 is 1. The van der Waals surface area contributed by atoms with Gasteiger partial charge in [-0.3, -0.25) is 5.10 Å². The van der Waals surface area contributed by atoms with Crippen molar-refractivity contribution < 1.29 is 14.3 Å². The number of hydrogen-bond donors (Lipinski definition) is 2. The van der Waals surface area contributed by atoms with Gasteiger partial charge in [-0.1, -0.05) is 42.5 Å². The quantitative estimate of drug-likeness (QED) is 0.683. The number of esters is 1. The molecule has 0 spiro atoms. The molecule has 0 saturated heterocycles. The summed E-state index contributed by atoms with van der Waals surface area (Å²) >= 11 is 0. The highest BCUT2D eigenvalue weighted by atomic mass is 16.5. The maximum atomic E-state index is 11.7. The summed E-state index contributed by atoms with van der Waals surface area (Å²) in [7, 11) is 1.33. The molecular weight excluding hydrogens is 356 g/mol. The fraction of sp³-hybridized carbons (Fsp3) is 0.0952. The number of aromatic amines is 1. The Balaban J connectivity index is 1.88. The minimum atomic E-state index is -0.477. The number of rotatable bonds is 3. The maximum absolute atomic E-state index is 11.7. The molecule has 2 heterocycles. The third kappa shape index (κ3) is 2.77. The van der Waals surface area contributed by atoms with Gasteiger partial charge in [0.2, 0.25) is 11.8 Å². The molecule has 0 radical (unpaired) electrons. The summed E-state index contributed by atoms with van der Waals surface area (Å²) in [5.74, 6) is -0.557. The molecule has 3 N–H and O–H groups in total. The lowest BCUT2D eigenvalue weighted by molar-refractivity contribution is 0.0600. The Morgan fingerprint density at radius 3 is 2.57 bits per heavy atom. The number of nitrogens with one attached hydrogen (secondary N) is 1. The maximum Gasteiger partial charge on any atom is 0.337 e. The summed E-state index contributed by atoms with van der Waals surface area (Å²) in [5.41, 5.74) is 9.87. The van der Waals surface area contributed by atoms with E-state index in [0.717, 1.165) is 22.4 Å². The van der Waals surface area contributed by atoms with Gasteiger partial charge in [0.25, 0.3) is 0 Å². The van der Waals surface area contributed by atoms with Crippen molar-refractivity contribution in [2.75, 3.05) is 7.11 Å². The van der Waals surface area contributed by atoms with Gasteiger partial charge in [0.1, 0.15) is 11.6 Å². The molecule has 1 aromatic heterocycles. The predicted molar refractivity (Wildman–Crippen MR) is 101 cm³/mol. The van der Waals surface area contributed by atoms with Crippen molar-refractivity contribution in [3.63, 3.8) is 0 Å². The topological polar surface area (TPSA) is 114 Å². The monoisotopic (exact) mass is 372 g/mol. The Bertz CT molecular complexity index is 1110. The SMILES string of the molecule is COC(=O)c1ccc(C2C(C#N)=C(N)Oc3n[nH]c(-c4ccccc4)c32)cc1. The number of benzene rings is 2. The molecule has 3 aromatic rings. The Hall–Kier alpha value is -4.05. The number of carbonyl (C=O) groups excluding carboxylic acids is 1. The molecule has 1 unspecified atom stereocenters. The van der Waals surface area contributed by atoms with E-state index in [1.54, 1.807) is 24.3 Å². The standard InChI is InChI=1S/C21H16N4O3/c1-27-21(26)14-9-7-12(8-10-14)16-15(11-22)19(23)28-20-17(16)18(24-25-20)13-5-3-2-4-6-13/h2-10,16H,23H2,1H3,(H,24,25). The van der Waals surface area contributed by atoms with E-state index in [-0.39, 0.29) is 11.5 Å². The van der Waals surface area contributed by atoms with E-state index in [4.69, 9.17) is 15.2 Å². The van der Waals surface area contributed by atoms with E-state index in [1.807, 2.05) is 30.3 Å². The second-order valence-corrected chi connectivity index (χ2v) is 6.22. The van der Waals surface area contributed by atoms with Gasteiger partial charge in [-0.25, -0.2) is 4.79 Å². The summed E-state index contributed by atoms with van der Waals surface area (Å²) in [6.07, 6.45) is 0. The average molecular weight is 372 g/mol. The lowest BCUT2D eigenvalue weighted by atomic mass is 9.83. The number of hydrogen-bond acceptors (Lipinski definition) is 6. The van der Waals surface area contributed by atoms with Gasteiger partial charge in [0, 0.05) is 0 Å². The van der Waals surface area contributed by atoms with E-state index < -0.39 is 11.9 Å². The summed E-state index contributed by atoms with van der Waals surface area (Å²) in [4.78, 5) is 11.7. The highest BCUT2D eigenvalue weighted by Gasteiger charge is 2.35. The zero-order chi connectivity index (χ0) is 19.7. The Morgan fingerprint density at radius 2 is 1.93 bits per heavy atom. The van der Waals surface area contributed by atoms with Crippen LogP contribution in [0.2, 0.25) is 0 Å². The van der Waals surface area contributed by atoms with Gasteiger partial charge in [-0.15, -0.1) is 5.10 Å². The molecule has 28 heavy (non-hydrogen) atoms. The van der Waals surface area contributed by atoms with Gasteiger partial charge >= 0.3 is 5.97 Å². The second-order valence-electron chi connectivity index (χ2n) is 6.22. The summed E-state index contributed by atoms with van der Waals surface area (Å²) in [6, 6.07) is 18.7. The van der Waals surface area contributed by atoms with E-state index in [2.05, 4.69) is 16.3 Å². The summed E-state index contributed by atoms with van der Waals surface area (Å²) < 4.78 is 10.3. The number of H-pyrrole nitrogens is 1. The molecule has 1 aliphatic heterocycles. The number of aromatic nitrogens is 2. The number of fused-ring (bicyclic) bond motifs is 1. The molecule has 0 bridgehead atoms. The molecule has 7 heteroatoms. The summed E-state index contributed by atoms with van der Waals surface area (Å²) in [6.45, 7) is 0. The van der Waals surface area contributed by atoms with Crippen molar-refractivity contribution >= 4 is 5.97 Å². The van der Waals surface area contributed by atoms with Gasteiger partial charge in [0.15, 0.2) is 0 Å². The van der Waals surface area contributed by atoms with Crippen molar-refractivity contribution in [1.29, 1.82) is 5.26 Å². The van der Waals surface area contributed by atoms with E-state index in [0.29, 0.717) is 11.4 Å². The first-order chi connectivity index (χ1) is 13.6. The van der Waals surface area contributed by atoms with Gasteiger partial charge in [0.05, 0.1) is 29.8 Å². The number of nitrogens with zero attached hydrogens (tertiary/aromatic N) is 2. The van der Waals surface area contributed by atoms with Crippen molar-refractivity contribution in [1.82, 2.24) is 10.2 Å². The van der Waals surface area contributed by atoms with E-state index in [1.165, 1.54) is 7.11 Å². The smallest absolute Gasteiger partial charge is 0.337 e. The number of carbonyl (C=O) groups is 1. The Kier molecular flexibility index (Phi) is 4.30. The molecule has 4 rings (SSSR count). The first-order valence-electron chi connectivity index (χ1n) is 8.53. The normalized spacial score (nSPS) is 15.4. The number of ether oxygens (including phenoxy) is 2. The Labute approximate surface area is 161 Å². The molecule has 0 saturated carbocycles. The molecule has 138 valence electrons. The minimum Gasteiger partial charge on any atom is -0.465 e. The van der Waals surface area contributed by atoms with E-state index in [9.17, 15) is 10.1 Å². The van der Waals surface area contributed by atoms with Crippen LogP contribution in [0, 0.1) is 11.3 Å². The first-order valence-corrected chi connectivity index (χ1v) is 8.53. The van der Waals surface area contributed by atoms with Gasteiger partial charge in [-0.05, 0) is 23.3 Å². The molecule has 7 nitrogen and oxygen atoms in total. The van der Waals surface area contributed by atoms with Crippen LogP contribution < -0.4 is 10.5 Å². The third-order valence-electron chi connectivity index (χ3n) is 4.67. The summed E-state index contributed by atoms with van der Waals surface area (Å²) in [5, 5.41) is 17.0. The fourth-order valence-electron chi connectivity index (χ4n) is 3.33. The third-order valence-corrected chi connectivity index (χ3v) is 4.67. The molecule has 1 atom stereocenters. The first kappa shape index (κ1) is 17.4. The van der Waals surface area contributed by atoms with E-state index >= 15 is 0 Å². The van der Waals surface area contributed by atoms with Crippen LogP contribution in [-0.2, 0) is 4.74 Å². The predicted octanol–water partition coefficient (Wildman–Crippen LogP) is 3.08. The molecule has 1 aliphatic rings. The van der Waals surface area contributed by atoms with Gasteiger partial charge in [-0.2, -0.15) is 5.26 Å². The lowest BCUT2D eigenvalue weighted by Crippen LogP contribution is -2.21. The zero-order valence-corrected chi connectivity index (χ0v) is 15.0. The van der Waals surface area contributed by atoms with Crippen LogP contribution in [-0.4, -0.2) is 23.3 Å².